The van der Waals surface area contributed by atoms with Gasteiger partial charge in [0.1, 0.15) is 5.41 Å². The Balaban J connectivity index is 1.72. The van der Waals surface area contributed by atoms with Gasteiger partial charge in [-0.05, 0) is 36.8 Å². The molecule has 1 unspecified atom stereocenters. The molecule has 142 valence electrons. The van der Waals surface area contributed by atoms with Crippen LogP contribution in [-0.2, 0) is 9.53 Å². The van der Waals surface area contributed by atoms with E-state index in [1.54, 1.807) is 30.3 Å². The van der Waals surface area contributed by atoms with Gasteiger partial charge in [0.05, 0.1) is 12.9 Å². The number of furan rings is 1. The van der Waals surface area contributed by atoms with Gasteiger partial charge in [-0.1, -0.05) is 6.07 Å². The molecular formula is C19H20N2O6. The number of carbonyl (C=O) groups excluding carboxylic acids is 2. The van der Waals surface area contributed by atoms with Crippen molar-refractivity contribution < 1.29 is 28.6 Å². The molecule has 8 nitrogen and oxygen atoms in total. The van der Waals surface area contributed by atoms with Crippen LogP contribution in [0.25, 0.3) is 0 Å². The third kappa shape index (κ3) is 3.85. The topological polar surface area (TPSA) is 109 Å². The Morgan fingerprint density at radius 3 is 2.78 bits per heavy atom. The van der Waals surface area contributed by atoms with Crippen LogP contribution in [0.3, 0.4) is 0 Å². The zero-order valence-electron chi connectivity index (χ0n) is 14.8. The molecule has 3 rings (SSSR count). The maximum absolute atomic E-state index is 12.8. The van der Waals surface area contributed by atoms with E-state index >= 15 is 0 Å². The number of carbonyl (C=O) groups is 3. The van der Waals surface area contributed by atoms with Gasteiger partial charge in [-0.25, -0.2) is 0 Å². The molecule has 1 aromatic heterocycles. The van der Waals surface area contributed by atoms with Crippen molar-refractivity contribution in [2.75, 3.05) is 32.1 Å². The number of nitrogens with zero attached hydrogens (tertiary/aromatic N) is 1. The number of aliphatic carboxylic acids is 1. The lowest BCUT2D eigenvalue weighted by Crippen LogP contribution is -2.40. The number of carboxylic acid groups (broad SMARTS) is 1. The van der Waals surface area contributed by atoms with Crippen molar-refractivity contribution >= 4 is 23.5 Å². The molecule has 1 aliphatic rings. The Morgan fingerprint density at radius 2 is 2.11 bits per heavy atom. The number of nitrogens with one attached hydrogen (secondary N) is 1. The van der Waals surface area contributed by atoms with Crippen molar-refractivity contribution in [3.05, 3.63) is 54.0 Å². The highest BCUT2D eigenvalue weighted by molar-refractivity contribution is 6.03. The van der Waals surface area contributed by atoms with Crippen LogP contribution in [-0.4, -0.2) is 54.6 Å². The van der Waals surface area contributed by atoms with E-state index in [0.29, 0.717) is 24.2 Å². The summed E-state index contributed by atoms with van der Waals surface area (Å²) >= 11 is 0. The summed E-state index contributed by atoms with van der Waals surface area (Å²) in [5.41, 5.74) is -0.274. The molecular weight excluding hydrogens is 352 g/mol. The van der Waals surface area contributed by atoms with Gasteiger partial charge in [-0.15, -0.1) is 0 Å². The molecule has 0 saturated carbocycles. The van der Waals surface area contributed by atoms with Crippen molar-refractivity contribution in [2.24, 2.45) is 5.41 Å². The van der Waals surface area contributed by atoms with Crippen molar-refractivity contribution in [1.29, 1.82) is 0 Å². The maximum Gasteiger partial charge on any atom is 0.313 e. The van der Waals surface area contributed by atoms with Gasteiger partial charge in [0.2, 0.25) is 0 Å². The van der Waals surface area contributed by atoms with Crippen LogP contribution < -0.4 is 5.32 Å². The number of hydrogen-bond donors (Lipinski definition) is 2. The quantitative estimate of drug-likeness (QED) is 0.804. The third-order valence-corrected chi connectivity index (χ3v) is 4.63. The fourth-order valence-electron chi connectivity index (χ4n) is 3.19. The molecule has 1 fully saturated rings. The fraction of sp³-hybridized carbons (Fsp3) is 0.316. The molecule has 2 heterocycles. The molecule has 0 spiro atoms. The lowest BCUT2D eigenvalue weighted by Gasteiger charge is -2.24. The van der Waals surface area contributed by atoms with Crippen LogP contribution in [0.4, 0.5) is 5.69 Å². The number of ether oxygens (including phenoxy) is 1. The third-order valence-electron chi connectivity index (χ3n) is 4.63. The zero-order chi connectivity index (χ0) is 19.4. The smallest absolute Gasteiger partial charge is 0.313 e. The predicted octanol–water partition coefficient (Wildman–Crippen LogP) is 2.10. The Bertz CT molecular complexity index is 848. The van der Waals surface area contributed by atoms with Gasteiger partial charge in [-0.2, -0.15) is 0 Å². The number of methoxy groups -OCH3 is 1. The molecule has 2 aromatic rings. The first kappa shape index (κ1) is 18.7. The van der Waals surface area contributed by atoms with Crippen molar-refractivity contribution in [3.8, 4) is 0 Å². The molecule has 8 heteroatoms. The maximum atomic E-state index is 12.8. The van der Waals surface area contributed by atoms with Gasteiger partial charge < -0.3 is 24.5 Å². The number of amides is 2. The molecule has 2 N–H and O–H groups in total. The lowest BCUT2D eigenvalue weighted by atomic mass is 9.88. The Morgan fingerprint density at radius 1 is 1.30 bits per heavy atom. The largest absolute Gasteiger partial charge is 0.481 e. The highest BCUT2D eigenvalue weighted by Gasteiger charge is 2.46. The van der Waals surface area contributed by atoms with Crippen molar-refractivity contribution in [2.45, 2.75) is 6.42 Å². The monoisotopic (exact) mass is 372 g/mol. The predicted molar refractivity (Wildman–Crippen MR) is 95.6 cm³/mol. The van der Waals surface area contributed by atoms with Crippen molar-refractivity contribution in [3.63, 3.8) is 0 Å². The number of likely N-dealkylation sites (tertiary alicyclic amines) is 1. The normalized spacial score (nSPS) is 19.1. The minimum atomic E-state index is -1.09. The first-order chi connectivity index (χ1) is 12.9. The Labute approximate surface area is 155 Å². The number of hydrogen-bond acceptors (Lipinski definition) is 5. The summed E-state index contributed by atoms with van der Waals surface area (Å²) < 4.78 is 10.1. The minimum Gasteiger partial charge on any atom is -0.481 e. The molecule has 2 amide bonds. The lowest BCUT2D eigenvalue weighted by molar-refractivity contribution is -0.151. The average molecular weight is 372 g/mol. The summed E-state index contributed by atoms with van der Waals surface area (Å²) in [5.74, 6) is -1.52. The molecule has 0 aliphatic carbocycles. The summed E-state index contributed by atoms with van der Waals surface area (Å²) in [4.78, 5) is 38.0. The molecule has 0 bridgehead atoms. The fourth-order valence-corrected chi connectivity index (χ4v) is 3.19. The summed E-state index contributed by atoms with van der Waals surface area (Å²) in [6.45, 7) is 0.459. The van der Waals surface area contributed by atoms with Gasteiger partial charge in [0.25, 0.3) is 11.8 Å². The highest BCUT2D eigenvalue weighted by Crippen LogP contribution is 2.32. The van der Waals surface area contributed by atoms with Crippen LogP contribution in [0.2, 0.25) is 0 Å². The molecule has 1 saturated heterocycles. The zero-order valence-corrected chi connectivity index (χ0v) is 14.8. The van der Waals surface area contributed by atoms with Crippen LogP contribution in [0.5, 0.6) is 0 Å². The van der Waals surface area contributed by atoms with E-state index in [4.69, 9.17) is 9.15 Å². The number of anilines is 1. The van der Waals surface area contributed by atoms with E-state index in [9.17, 15) is 19.5 Å². The number of carboxylic acids is 1. The standard InChI is InChI=1S/C19H20N2O6/c1-26-12-19(18(24)25)7-8-21(11-19)17(23)13-4-2-5-14(10-13)20-16(22)15-6-3-9-27-15/h2-6,9-10H,7-8,11-12H2,1H3,(H,20,22)(H,24,25). The van der Waals surface area contributed by atoms with Crippen LogP contribution in [0.15, 0.2) is 47.1 Å². The number of rotatable bonds is 6. The van der Waals surface area contributed by atoms with E-state index in [1.807, 2.05) is 0 Å². The Hall–Kier alpha value is -3.13. The van der Waals surface area contributed by atoms with Crippen LogP contribution in [0, 0.1) is 5.41 Å². The van der Waals surface area contributed by atoms with Crippen molar-refractivity contribution in [1.82, 2.24) is 4.90 Å². The second kappa shape index (κ2) is 7.63. The first-order valence-corrected chi connectivity index (χ1v) is 8.42. The van der Waals surface area contributed by atoms with E-state index in [1.165, 1.54) is 24.3 Å². The van der Waals surface area contributed by atoms with Gasteiger partial charge >= 0.3 is 5.97 Å². The molecule has 1 aliphatic heterocycles. The van der Waals surface area contributed by atoms with E-state index < -0.39 is 17.3 Å². The minimum absolute atomic E-state index is 0.0470. The Kier molecular flexibility index (Phi) is 5.27. The summed E-state index contributed by atoms with van der Waals surface area (Å²) in [6, 6.07) is 9.64. The van der Waals surface area contributed by atoms with Gasteiger partial charge in [-0.3, -0.25) is 14.4 Å². The molecule has 27 heavy (non-hydrogen) atoms. The first-order valence-electron chi connectivity index (χ1n) is 8.42. The van der Waals surface area contributed by atoms with E-state index in [2.05, 4.69) is 5.32 Å². The summed E-state index contributed by atoms with van der Waals surface area (Å²) in [7, 11) is 1.44. The highest BCUT2D eigenvalue weighted by atomic mass is 16.5. The molecule has 0 radical (unpaired) electrons. The summed E-state index contributed by atoms with van der Waals surface area (Å²) in [5, 5.41) is 12.2. The SMILES string of the molecule is COCC1(C(=O)O)CCN(C(=O)c2cccc(NC(=O)c3ccco3)c2)C1. The summed E-state index contributed by atoms with van der Waals surface area (Å²) in [6.07, 6.45) is 1.73. The molecule has 1 aromatic carbocycles. The van der Waals surface area contributed by atoms with Gasteiger partial charge in [0, 0.05) is 31.5 Å². The van der Waals surface area contributed by atoms with Crippen LogP contribution in [0.1, 0.15) is 27.3 Å². The van der Waals surface area contributed by atoms with Gasteiger partial charge in [0.15, 0.2) is 5.76 Å². The molecule has 1 atom stereocenters. The second-order valence-electron chi connectivity index (χ2n) is 6.51. The number of benzene rings is 1. The second-order valence-corrected chi connectivity index (χ2v) is 6.51. The van der Waals surface area contributed by atoms with E-state index in [0.717, 1.165) is 0 Å². The van der Waals surface area contributed by atoms with E-state index in [-0.39, 0.29) is 24.8 Å². The average Bonchev–Trinajstić information content (AvgIpc) is 3.32. The van der Waals surface area contributed by atoms with Crippen LogP contribution >= 0.6 is 0 Å².